The summed E-state index contributed by atoms with van der Waals surface area (Å²) < 4.78 is 0. The van der Waals surface area contributed by atoms with Crippen LogP contribution in [0.5, 0.6) is 0 Å². The van der Waals surface area contributed by atoms with Crippen molar-refractivity contribution in [1.29, 1.82) is 0 Å². The molecule has 0 aliphatic carbocycles. The van der Waals surface area contributed by atoms with Crippen molar-refractivity contribution in [2.45, 2.75) is 81.1 Å². The van der Waals surface area contributed by atoms with Gasteiger partial charge in [-0.1, -0.05) is 96.5 Å². The highest BCUT2D eigenvalue weighted by Crippen LogP contribution is 2.17. The first-order valence-corrected chi connectivity index (χ1v) is 10.2. The minimum atomic E-state index is 0.757. The van der Waals surface area contributed by atoms with Crippen LogP contribution >= 0.6 is 0 Å². The van der Waals surface area contributed by atoms with Crippen molar-refractivity contribution >= 4 is 0 Å². The van der Waals surface area contributed by atoms with Crippen LogP contribution in [0.15, 0.2) is 42.5 Å². The van der Waals surface area contributed by atoms with E-state index in [1.807, 2.05) is 13.8 Å². The Morgan fingerprint density at radius 1 is 0.680 bits per heavy atom. The molecular weight excluding hydrogens is 300 g/mol. The summed E-state index contributed by atoms with van der Waals surface area (Å²) in [7, 11) is 0. The summed E-state index contributed by atoms with van der Waals surface area (Å²) in [6, 6.07) is 15.6. The molecule has 0 N–H and O–H groups in total. The van der Waals surface area contributed by atoms with E-state index in [4.69, 9.17) is 0 Å². The SMILES string of the molecule is CC.CCc1ccc(C)cc1.CCc1ccc(CC)c(CC(C)C)c1. The second-order valence-corrected chi connectivity index (χ2v) is 6.75. The highest BCUT2D eigenvalue weighted by atomic mass is 14.1. The van der Waals surface area contributed by atoms with E-state index >= 15 is 0 Å². The molecule has 2 aromatic rings. The van der Waals surface area contributed by atoms with Crippen LogP contribution in [0.1, 0.15) is 76.3 Å². The van der Waals surface area contributed by atoms with E-state index in [9.17, 15) is 0 Å². The minimum absolute atomic E-state index is 0.757. The van der Waals surface area contributed by atoms with Gasteiger partial charge in [0.1, 0.15) is 0 Å². The zero-order chi connectivity index (χ0) is 19.2. The summed E-state index contributed by atoms with van der Waals surface area (Å²) in [6.45, 7) is 17.3. The average Bonchev–Trinajstić information content (AvgIpc) is 2.64. The van der Waals surface area contributed by atoms with Crippen LogP contribution in [0, 0.1) is 12.8 Å². The fourth-order valence-electron chi connectivity index (χ4n) is 2.70. The molecule has 0 unspecified atom stereocenters. The molecule has 0 aliphatic rings. The fourth-order valence-corrected chi connectivity index (χ4v) is 2.70. The third-order valence-corrected chi connectivity index (χ3v) is 4.22. The van der Waals surface area contributed by atoms with Gasteiger partial charge in [0.15, 0.2) is 0 Å². The van der Waals surface area contributed by atoms with E-state index in [2.05, 4.69) is 84.0 Å². The van der Waals surface area contributed by atoms with Gasteiger partial charge in [0.05, 0.1) is 0 Å². The number of rotatable bonds is 5. The summed E-state index contributed by atoms with van der Waals surface area (Å²) >= 11 is 0. The van der Waals surface area contributed by atoms with Gasteiger partial charge in [0, 0.05) is 0 Å². The Bertz CT molecular complexity index is 561. The quantitative estimate of drug-likeness (QED) is 0.526. The molecule has 0 heterocycles. The van der Waals surface area contributed by atoms with Gasteiger partial charge < -0.3 is 0 Å². The summed E-state index contributed by atoms with van der Waals surface area (Å²) in [5.41, 5.74) is 7.31. The molecule has 0 saturated heterocycles. The Morgan fingerprint density at radius 3 is 1.64 bits per heavy atom. The molecule has 140 valence electrons. The molecule has 0 saturated carbocycles. The number of aryl methyl sites for hydroxylation is 4. The number of hydrogen-bond acceptors (Lipinski definition) is 0. The smallest absolute Gasteiger partial charge is 0.0253 e. The van der Waals surface area contributed by atoms with Gasteiger partial charge in [-0.15, -0.1) is 0 Å². The Morgan fingerprint density at radius 2 is 1.20 bits per heavy atom. The molecule has 0 amide bonds. The van der Waals surface area contributed by atoms with Crippen molar-refractivity contribution in [3.8, 4) is 0 Å². The van der Waals surface area contributed by atoms with Crippen molar-refractivity contribution < 1.29 is 0 Å². The Labute approximate surface area is 157 Å². The van der Waals surface area contributed by atoms with Crippen molar-refractivity contribution in [3.63, 3.8) is 0 Å². The zero-order valence-electron chi connectivity index (χ0n) is 17.9. The molecule has 0 atom stereocenters. The van der Waals surface area contributed by atoms with Gasteiger partial charge in [0.25, 0.3) is 0 Å². The normalized spacial score (nSPS) is 9.80. The van der Waals surface area contributed by atoms with Crippen LogP contribution in [0.2, 0.25) is 0 Å². The molecule has 0 heteroatoms. The van der Waals surface area contributed by atoms with Crippen molar-refractivity contribution in [2.24, 2.45) is 5.92 Å². The van der Waals surface area contributed by atoms with Crippen LogP contribution in [0.3, 0.4) is 0 Å². The maximum absolute atomic E-state index is 2.39. The van der Waals surface area contributed by atoms with E-state index in [-0.39, 0.29) is 0 Å². The van der Waals surface area contributed by atoms with E-state index < -0.39 is 0 Å². The van der Waals surface area contributed by atoms with Crippen LogP contribution in [0.25, 0.3) is 0 Å². The molecule has 0 aromatic heterocycles. The van der Waals surface area contributed by atoms with Gasteiger partial charge in [-0.3, -0.25) is 0 Å². The standard InChI is InChI=1S/C14H22.C9H12.C2H6/c1-5-12-7-8-13(6-2)14(10-12)9-11(3)4;1-3-9-6-4-8(2)5-7-9;1-2/h7-8,10-11H,5-6,9H2,1-4H3;4-7H,3H2,1-2H3;1-2H3. The first kappa shape index (κ1) is 23.4. The number of benzene rings is 2. The lowest BCUT2D eigenvalue weighted by atomic mass is 9.94. The largest absolute Gasteiger partial charge is 0.0683 e. The highest BCUT2D eigenvalue weighted by Gasteiger charge is 2.04. The zero-order valence-corrected chi connectivity index (χ0v) is 17.9. The van der Waals surface area contributed by atoms with E-state index in [0.717, 1.165) is 25.2 Å². The molecule has 0 fully saturated rings. The van der Waals surface area contributed by atoms with Crippen molar-refractivity contribution in [1.82, 2.24) is 0 Å². The first-order chi connectivity index (χ1) is 12.0. The van der Waals surface area contributed by atoms with Gasteiger partial charge >= 0.3 is 0 Å². The Hall–Kier alpha value is -1.56. The third-order valence-electron chi connectivity index (χ3n) is 4.22. The van der Waals surface area contributed by atoms with Crippen LogP contribution in [0.4, 0.5) is 0 Å². The predicted octanol–water partition coefficient (Wildman–Crippen LogP) is 7.59. The summed E-state index contributed by atoms with van der Waals surface area (Å²) in [6.07, 6.45) is 4.67. The average molecular weight is 341 g/mol. The first-order valence-electron chi connectivity index (χ1n) is 10.2. The summed E-state index contributed by atoms with van der Waals surface area (Å²) in [5, 5.41) is 0. The van der Waals surface area contributed by atoms with Crippen LogP contribution < -0.4 is 0 Å². The topological polar surface area (TPSA) is 0 Å². The van der Waals surface area contributed by atoms with E-state index in [1.54, 1.807) is 5.56 Å². The molecule has 0 spiro atoms. The lowest BCUT2D eigenvalue weighted by Gasteiger charge is -2.11. The van der Waals surface area contributed by atoms with Gasteiger partial charge in [-0.05, 0) is 60.8 Å². The molecule has 2 aromatic carbocycles. The Kier molecular flexibility index (Phi) is 12.8. The second kappa shape index (κ2) is 13.7. The van der Waals surface area contributed by atoms with Gasteiger partial charge in [0.2, 0.25) is 0 Å². The molecule has 0 radical (unpaired) electrons. The van der Waals surface area contributed by atoms with Gasteiger partial charge in [-0.25, -0.2) is 0 Å². The molecule has 0 nitrogen and oxygen atoms in total. The Balaban J connectivity index is 0.000000451. The third kappa shape index (κ3) is 9.48. The minimum Gasteiger partial charge on any atom is -0.0683 e. The maximum Gasteiger partial charge on any atom is -0.0253 e. The predicted molar refractivity (Wildman–Crippen MR) is 116 cm³/mol. The number of hydrogen-bond donors (Lipinski definition) is 0. The lowest BCUT2D eigenvalue weighted by Crippen LogP contribution is -2.00. The second-order valence-electron chi connectivity index (χ2n) is 6.75. The molecule has 0 bridgehead atoms. The summed E-state index contributed by atoms with van der Waals surface area (Å²) in [4.78, 5) is 0. The molecule has 25 heavy (non-hydrogen) atoms. The van der Waals surface area contributed by atoms with Crippen molar-refractivity contribution in [3.05, 3.63) is 70.3 Å². The maximum atomic E-state index is 2.39. The lowest BCUT2D eigenvalue weighted by molar-refractivity contribution is 0.642. The van der Waals surface area contributed by atoms with Crippen LogP contribution in [-0.2, 0) is 25.7 Å². The van der Waals surface area contributed by atoms with E-state index in [0.29, 0.717) is 0 Å². The van der Waals surface area contributed by atoms with Crippen molar-refractivity contribution in [2.75, 3.05) is 0 Å². The van der Waals surface area contributed by atoms with E-state index in [1.165, 1.54) is 28.7 Å². The monoisotopic (exact) mass is 340 g/mol. The molecule has 2 rings (SSSR count). The van der Waals surface area contributed by atoms with Crippen LogP contribution in [-0.4, -0.2) is 0 Å². The molecular formula is C25H40. The van der Waals surface area contributed by atoms with Gasteiger partial charge in [-0.2, -0.15) is 0 Å². The highest BCUT2D eigenvalue weighted by molar-refractivity contribution is 5.32. The summed E-state index contributed by atoms with van der Waals surface area (Å²) in [5.74, 6) is 0.757. The fraction of sp³-hybridized carbons (Fsp3) is 0.520. The molecule has 0 aliphatic heterocycles.